The lowest BCUT2D eigenvalue weighted by atomic mass is 10.1. The van der Waals surface area contributed by atoms with E-state index in [1.807, 2.05) is 18.2 Å². The van der Waals surface area contributed by atoms with E-state index in [0.29, 0.717) is 0 Å². The van der Waals surface area contributed by atoms with Crippen molar-refractivity contribution in [3.63, 3.8) is 0 Å². The van der Waals surface area contributed by atoms with E-state index in [-0.39, 0.29) is 6.04 Å². The fourth-order valence-corrected chi connectivity index (χ4v) is 2.84. The number of methoxy groups -OCH3 is 1. The van der Waals surface area contributed by atoms with Crippen LogP contribution in [0.15, 0.2) is 47.9 Å². The molecule has 2 aromatic rings. The first-order valence-electron chi connectivity index (χ1n) is 7.10. The van der Waals surface area contributed by atoms with E-state index in [0.717, 1.165) is 29.6 Å². The summed E-state index contributed by atoms with van der Waals surface area (Å²) in [6.45, 7) is 3.17. The zero-order valence-electron chi connectivity index (χ0n) is 12.5. The van der Waals surface area contributed by atoms with Crippen molar-refractivity contribution in [1.82, 2.24) is 15.3 Å². The van der Waals surface area contributed by atoms with Gasteiger partial charge in [-0.2, -0.15) is 0 Å². The third-order valence-electron chi connectivity index (χ3n) is 3.08. The largest absolute Gasteiger partial charge is 0.497 e. The van der Waals surface area contributed by atoms with Gasteiger partial charge in [-0.3, -0.25) is 0 Å². The van der Waals surface area contributed by atoms with Crippen LogP contribution in [0.4, 0.5) is 0 Å². The molecule has 21 heavy (non-hydrogen) atoms. The summed E-state index contributed by atoms with van der Waals surface area (Å²) in [6.07, 6.45) is 4.66. The van der Waals surface area contributed by atoms with Crippen LogP contribution in [-0.4, -0.2) is 29.4 Å². The highest BCUT2D eigenvalue weighted by molar-refractivity contribution is 7.99. The van der Waals surface area contributed by atoms with Crippen molar-refractivity contribution in [2.45, 2.75) is 24.5 Å². The second kappa shape index (κ2) is 8.64. The third-order valence-corrected chi connectivity index (χ3v) is 4.05. The standard InChI is InChI=1S/C16H21N3OS/c1-3-9-17-15(12-21-16-18-10-4-11-19-16)13-5-7-14(20-2)8-6-13/h4-8,10-11,15,17H,3,9,12H2,1-2H3. The summed E-state index contributed by atoms with van der Waals surface area (Å²) in [7, 11) is 1.68. The van der Waals surface area contributed by atoms with Gasteiger partial charge in [0.1, 0.15) is 5.75 Å². The van der Waals surface area contributed by atoms with Gasteiger partial charge < -0.3 is 10.1 Å². The fourth-order valence-electron chi connectivity index (χ4n) is 1.95. The summed E-state index contributed by atoms with van der Waals surface area (Å²) in [5.41, 5.74) is 1.26. The molecule has 1 N–H and O–H groups in total. The van der Waals surface area contributed by atoms with Crippen molar-refractivity contribution in [2.75, 3.05) is 19.4 Å². The van der Waals surface area contributed by atoms with Gasteiger partial charge in [0.15, 0.2) is 5.16 Å². The van der Waals surface area contributed by atoms with Crippen LogP contribution < -0.4 is 10.1 Å². The van der Waals surface area contributed by atoms with Gasteiger partial charge in [-0.05, 0) is 36.7 Å². The van der Waals surface area contributed by atoms with E-state index in [2.05, 4.69) is 34.3 Å². The van der Waals surface area contributed by atoms with Crippen molar-refractivity contribution < 1.29 is 4.74 Å². The lowest BCUT2D eigenvalue weighted by molar-refractivity contribution is 0.414. The molecule has 0 saturated carbocycles. The van der Waals surface area contributed by atoms with E-state index in [4.69, 9.17) is 4.74 Å². The zero-order valence-corrected chi connectivity index (χ0v) is 13.3. The van der Waals surface area contributed by atoms with E-state index >= 15 is 0 Å². The molecule has 0 aliphatic carbocycles. The number of benzene rings is 1. The molecule has 5 heteroatoms. The predicted octanol–water partition coefficient (Wildman–Crippen LogP) is 3.32. The first-order chi connectivity index (χ1) is 10.3. The molecular weight excluding hydrogens is 282 g/mol. The van der Waals surface area contributed by atoms with E-state index in [9.17, 15) is 0 Å². The van der Waals surface area contributed by atoms with Crippen LogP contribution in [0.2, 0.25) is 0 Å². The highest BCUT2D eigenvalue weighted by Crippen LogP contribution is 2.23. The quantitative estimate of drug-likeness (QED) is 0.599. The zero-order chi connectivity index (χ0) is 14.9. The van der Waals surface area contributed by atoms with Crippen molar-refractivity contribution in [2.24, 2.45) is 0 Å². The molecule has 2 rings (SSSR count). The van der Waals surface area contributed by atoms with E-state index in [1.165, 1.54) is 5.56 Å². The Labute approximate surface area is 130 Å². The van der Waals surface area contributed by atoms with Crippen LogP contribution in [0.5, 0.6) is 5.75 Å². The SMILES string of the molecule is CCCNC(CSc1ncccn1)c1ccc(OC)cc1. The smallest absolute Gasteiger partial charge is 0.187 e. The normalized spacial score (nSPS) is 12.1. The molecule has 1 aromatic heterocycles. The van der Waals surface area contributed by atoms with Gasteiger partial charge in [-0.1, -0.05) is 30.8 Å². The molecule has 0 saturated heterocycles. The van der Waals surface area contributed by atoms with Gasteiger partial charge in [-0.25, -0.2) is 9.97 Å². The second-order valence-corrected chi connectivity index (χ2v) is 5.61. The van der Waals surface area contributed by atoms with Crippen molar-refractivity contribution in [3.05, 3.63) is 48.3 Å². The van der Waals surface area contributed by atoms with Crippen molar-refractivity contribution in [1.29, 1.82) is 0 Å². The van der Waals surface area contributed by atoms with Crippen molar-refractivity contribution >= 4 is 11.8 Å². The third kappa shape index (κ3) is 5.02. The minimum Gasteiger partial charge on any atom is -0.497 e. The molecule has 112 valence electrons. The molecule has 0 bridgehead atoms. The molecule has 0 amide bonds. The Bertz CT molecular complexity index is 519. The van der Waals surface area contributed by atoms with Crippen LogP contribution in [0.3, 0.4) is 0 Å². The summed E-state index contributed by atoms with van der Waals surface area (Å²) in [5, 5.41) is 4.39. The Morgan fingerprint density at radius 3 is 2.52 bits per heavy atom. The first-order valence-corrected chi connectivity index (χ1v) is 8.09. The molecule has 1 heterocycles. The van der Waals surface area contributed by atoms with Crippen molar-refractivity contribution in [3.8, 4) is 5.75 Å². The minimum atomic E-state index is 0.282. The lowest BCUT2D eigenvalue weighted by Crippen LogP contribution is -2.24. The Morgan fingerprint density at radius 2 is 1.90 bits per heavy atom. The molecule has 0 aliphatic rings. The number of hydrogen-bond donors (Lipinski definition) is 1. The molecule has 0 spiro atoms. The van der Waals surface area contributed by atoms with E-state index in [1.54, 1.807) is 31.3 Å². The summed E-state index contributed by atoms with van der Waals surface area (Å²) in [5.74, 6) is 1.78. The van der Waals surface area contributed by atoms with Crippen LogP contribution >= 0.6 is 11.8 Å². The number of rotatable bonds is 8. The summed E-state index contributed by atoms with van der Waals surface area (Å²) < 4.78 is 5.21. The Kier molecular flexibility index (Phi) is 6.50. The lowest BCUT2D eigenvalue weighted by Gasteiger charge is -2.18. The topological polar surface area (TPSA) is 47.0 Å². The number of ether oxygens (including phenoxy) is 1. The minimum absolute atomic E-state index is 0.282. The molecule has 0 aliphatic heterocycles. The number of aromatic nitrogens is 2. The molecule has 1 aromatic carbocycles. The predicted molar refractivity (Wildman–Crippen MR) is 86.8 cm³/mol. The Hall–Kier alpha value is -1.59. The maximum atomic E-state index is 5.21. The summed E-state index contributed by atoms with van der Waals surface area (Å²) in [4.78, 5) is 8.51. The first kappa shape index (κ1) is 15.8. The number of hydrogen-bond acceptors (Lipinski definition) is 5. The molecule has 0 fully saturated rings. The summed E-state index contributed by atoms with van der Waals surface area (Å²) in [6, 6.07) is 10.3. The number of thioether (sulfide) groups is 1. The second-order valence-electron chi connectivity index (χ2n) is 4.62. The highest BCUT2D eigenvalue weighted by Gasteiger charge is 2.12. The summed E-state index contributed by atoms with van der Waals surface area (Å²) >= 11 is 1.67. The van der Waals surface area contributed by atoms with Crippen LogP contribution in [0, 0.1) is 0 Å². The van der Waals surface area contributed by atoms with E-state index < -0.39 is 0 Å². The van der Waals surface area contributed by atoms with Gasteiger partial charge in [0.05, 0.1) is 7.11 Å². The van der Waals surface area contributed by atoms with Crippen LogP contribution in [0.1, 0.15) is 24.9 Å². The maximum Gasteiger partial charge on any atom is 0.187 e. The maximum absolute atomic E-state index is 5.21. The van der Waals surface area contributed by atoms with Gasteiger partial charge in [0, 0.05) is 24.2 Å². The monoisotopic (exact) mass is 303 g/mol. The average Bonchev–Trinajstić information content (AvgIpc) is 2.56. The fraction of sp³-hybridized carbons (Fsp3) is 0.375. The Balaban J connectivity index is 2.02. The van der Waals surface area contributed by atoms with Crippen LogP contribution in [-0.2, 0) is 0 Å². The van der Waals surface area contributed by atoms with Crippen LogP contribution in [0.25, 0.3) is 0 Å². The average molecular weight is 303 g/mol. The molecule has 4 nitrogen and oxygen atoms in total. The number of nitrogens with zero attached hydrogens (tertiary/aromatic N) is 2. The molecule has 1 atom stereocenters. The highest BCUT2D eigenvalue weighted by atomic mass is 32.2. The van der Waals surface area contributed by atoms with Gasteiger partial charge >= 0.3 is 0 Å². The van der Waals surface area contributed by atoms with Gasteiger partial charge in [0.2, 0.25) is 0 Å². The molecular formula is C16H21N3OS. The van der Waals surface area contributed by atoms with Gasteiger partial charge in [0.25, 0.3) is 0 Å². The Morgan fingerprint density at radius 1 is 1.19 bits per heavy atom. The molecule has 0 radical (unpaired) electrons. The van der Waals surface area contributed by atoms with Gasteiger partial charge in [-0.15, -0.1) is 0 Å². The number of nitrogens with one attached hydrogen (secondary N) is 1. The molecule has 1 unspecified atom stereocenters.